The highest BCUT2D eigenvalue weighted by Gasteiger charge is 2.23. The van der Waals surface area contributed by atoms with Gasteiger partial charge in [0.15, 0.2) is 0 Å². The molecule has 0 bridgehead atoms. The number of rotatable bonds is 3. The van der Waals surface area contributed by atoms with E-state index < -0.39 is 0 Å². The van der Waals surface area contributed by atoms with Crippen LogP contribution in [0.15, 0.2) is 156 Å². The van der Waals surface area contributed by atoms with E-state index >= 15 is 0 Å². The predicted molar refractivity (Wildman–Crippen MR) is 193 cm³/mol. The quantitative estimate of drug-likeness (QED) is 0.203. The first-order valence-electron chi connectivity index (χ1n) is 15.8. The van der Waals surface area contributed by atoms with E-state index in [1.165, 1.54) is 21.7 Å². The van der Waals surface area contributed by atoms with Crippen LogP contribution in [0.5, 0.6) is 0 Å². The van der Waals surface area contributed by atoms with Crippen molar-refractivity contribution in [3.05, 3.63) is 157 Å². The minimum atomic E-state index is 0.663. The van der Waals surface area contributed by atoms with Crippen molar-refractivity contribution in [2.24, 2.45) is 0 Å². The third-order valence-electron chi connectivity index (χ3n) is 9.56. The summed E-state index contributed by atoms with van der Waals surface area (Å²) in [6, 6.07) is 55.3. The number of aromatic nitrogens is 2. The molecule has 218 valence electrons. The molecule has 0 aliphatic rings. The Hall–Kier alpha value is -6.57. The standard InChI is InChI=1S/C43H25N3O/c44-26-27-14-16-28(17-15-27)29-18-20-31(21-19-29)45-36-12-6-4-11-34(36)40-37(45)25-23-35-41-38(46(42(35)40)30-8-2-1-3-9-30)24-22-33-32-10-5-7-13-39(32)47-43(33)41/h1-25H. The lowest BCUT2D eigenvalue weighted by Gasteiger charge is -2.11. The molecule has 3 heterocycles. The molecule has 0 fully saturated rings. The smallest absolute Gasteiger partial charge is 0.145 e. The molecule has 7 aromatic carbocycles. The second kappa shape index (κ2) is 9.71. The largest absolute Gasteiger partial charge is 0.455 e. The highest BCUT2D eigenvalue weighted by Crippen LogP contribution is 2.45. The lowest BCUT2D eigenvalue weighted by molar-refractivity contribution is 0.673. The highest BCUT2D eigenvalue weighted by molar-refractivity contribution is 6.30. The molecule has 0 amide bonds. The van der Waals surface area contributed by atoms with Crippen LogP contribution < -0.4 is 0 Å². The SMILES string of the molecule is N#Cc1ccc(-c2ccc(-n3c4ccccc4c4c3ccc3c5c6oc7ccccc7c6ccc5n(-c5ccccc5)c34)cc2)cc1. The van der Waals surface area contributed by atoms with E-state index in [-0.39, 0.29) is 0 Å². The van der Waals surface area contributed by atoms with Crippen LogP contribution in [-0.4, -0.2) is 9.13 Å². The second-order valence-corrected chi connectivity index (χ2v) is 12.0. The molecular weight excluding hydrogens is 574 g/mol. The topological polar surface area (TPSA) is 46.8 Å². The number of fused-ring (bicyclic) bond motifs is 11. The molecule has 4 nitrogen and oxygen atoms in total. The highest BCUT2D eigenvalue weighted by atomic mass is 16.3. The van der Waals surface area contributed by atoms with E-state index in [0.717, 1.165) is 66.4 Å². The number of furan rings is 1. The Labute approximate surface area is 269 Å². The third kappa shape index (κ3) is 3.63. The molecule has 10 rings (SSSR count). The summed E-state index contributed by atoms with van der Waals surface area (Å²) < 4.78 is 11.4. The van der Waals surface area contributed by atoms with Gasteiger partial charge in [-0.15, -0.1) is 0 Å². The van der Waals surface area contributed by atoms with Gasteiger partial charge in [0.2, 0.25) is 0 Å². The fourth-order valence-corrected chi connectivity index (χ4v) is 7.49. The van der Waals surface area contributed by atoms with Crippen LogP contribution >= 0.6 is 0 Å². The average Bonchev–Trinajstić information content (AvgIpc) is 3.79. The van der Waals surface area contributed by atoms with Gasteiger partial charge in [-0.2, -0.15) is 5.26 Å². The van der Waals surface area contributed by atoms with Gasteiger partial charge >= 0.3 is 0 Å². The van der Waals surface area contributed by atoms with Gasteiger partial charge in [-0.1, -0.05) is 78.9 Å². The molecule has 0 unspecified atom stereocenters. The molecule has 0 aliphatic carbocycles. The number of hydrogen-bond donors (Lipinski definition) is 0. The van der Waals surface area contributed by atoms with Crippen molar-refractivity contribution < 1.29 is 4.42 Å². The van der Waals surface area contributed by atoms with Crippen molar-refractivity contribution in [1.29, 1.82) is 5.26 Å². The Morgan fingerprint density at radius 3 is 1.83 bits per heavy atom. The monoisotopic (exact) mass is 599 g/mol. The Balaban J connectivity index is 1.31. The van der Waals surface area contributed by atoms with Crippen molar-refractivity contribution in [2.45, 2.75) is 0 Å². The molecule has 0 spiro atoms. The summed E-state index contributed by atoms with van der Waals surface area (Å²) in [6.07, 6.45) is 0. The molecule has 3 aromatic heterocycles. The lowest BCUT2D eigenvalue weighted by atomic mass is 10.0. The summed E-state index contributed by atoms with van der Waals surface area (Å²) in [5, 5.41) is 16.2. The van der Waals surface area contributed by atoms with Gasteiger partial charge < -0.3 is 13.6 Å². The average molecular weight is 600 g/mol. The maximum absolute atomic E-state index is 9.22. The number of nitrogens with zero attached hydrogens (tertiary/aromatic N) is 3. The fraction of sp³-hybridized carbons (Fsp3) is 0. The van der Waals surface area contributed by atoms with E-state index in [0.29, 0.717) is 5.56 Å². The van der Waals surface area contributed by atoms with E-state index in [1.807, 2.05) is 30.3 Å². The van der Waals surface area contributed by atoms with Crippen molar-refractivity contribution >= 4 is 65.6 Å². The van der Waals surface area contributed by atoms with Gasteiger partial charge in [-0.3, -0.25) is 0 Å². The maximum Gasteiger partial charge on any atom is 0.145 e. The van der Waals surface area contributed by atoms with Gasteiger partial charge in [0.05, 0.1) is 39.1 Å². The van der Waals surface area contributed by atoms with Crippen LogP contribution in [0.4, 0.5) is 0 Å². The molecule has 0 saturated heterocycles. The zero-order chi connectivity index (χ0) is 31.1. The molecule has 4 heteroatoms. The Morgan fingerprint density at radius 2 is 1.06 bits per heavy atom. The van der Waals surface area contributed by atoms with Crippen molar-refractivity contribution in [1.82, 2.24) is 9.13 Å². The lowest BCUT2D eigenvalue weighted by Crippen LogP contribution is -1.95. The van der Waals surface area contributed by atoms with Crippen molar-refractivity contribution in [3.63, 3.8) is 0 Å². The molecule has 0 atom stereocenters. The van der Waals surface area contributed by atoms with Gasteiger partial charge in [-0.05, 0) is 83.9 Å². The van der Waals surface area contributed by atoms with Gasteiger partial charge in [0, 0.05) is 38.3 Å². The molecule has 47 heavy (non-hydrogen) atoms. The first-order chi connectivity index (χ1) is 23.3. The van der Waals surface area contributed by atoms with Crippen LogP contribution in [-0.2, 0) is 0 Å². The molecule has 10 aromatic rings. The van der Waals surface area contributed by atoms with E-state index in [4.69, 9.17) is 4.42 Å². The fourth-order valence-electron chi connectivity index (χ4n) is 7.49. The minimum Gasteiger partial charge on any atom is -0.455 e. The first-order valence-corrected chi connectivity index (χ1v) is 15.8. The molecule has 0 N–H and O–H groups in total. The number of benzene rings is 7. The van der Waals surface area contributed by atoms with E-state index in [9.17, 15) is 5.26 Å². The number of hydrogen-bond acceptors (Lipinski definition) is 2. The van der Waals surface area contributed by atoms with Crippen molar-refractivity contribution in [2.75, 3.05) is 0 Å². The third-order valence-corrected chi connectivity index (χ3v) is 9.56. The van der Waals surface area contributed by atoms with Crippen LogP contribution in [0.2, 0.25) is 0 Å². The minimum absolute atomic E-state index is 0.663. The van der Waals surface area contributed by atoms with Gasteiger partial charge in [0.1, 0.15) is 11.2 Å². The zero-order valence-electron chi connectivity index (χ0n) is 25.2. The van der Waals surface area contributed by atoms with Gasteiger partial charge in [0.25, 0.3) is 0 Å². The van der Waals surface area contributed by atoms with E-state index in [1.54, 1.807) is 0 Å². The summed E-state index contributed by atoms with van der Waals surface area (Å²) in [5.41, 5.74) is 11.5. The van der Waals surface area contributed by atoms with Gasteiger partial charge in [-0.25, -0.2) is 0 Å². The normalized spacial score (nSPS) is 11.8. The summed E-state index contributed by atoms with van der Waals surface area (Å²) in [7, 11) is 0. The summed E-state index contributed by atoms with van der Waals surface area (Å²) >= 11 is 0. The van der Waals surface area contributed by atoms with Crippen LogP contribution in [0.25, 0.3) is 88.1 Å². The van der Waals surface area contributed by atoms with Crippen LogP contribution in [0.3, 0.4) is 0 Å². The Kier molecular flexibility index (Phi) is 5.32. The summed E-state index contributed by atoms with van der Waals surface area (Å²) in [5.74, 6) is 0. The number of nitriles is 1. The van der Waals surface area contributed by atoms with E-state index in [2.05, 4.69) is 137 Å². The second-order valence-electron chi connectivity index (χ2n) is 12.0. The Bertz CT molecular complexity index is 2880. The molecule has 0 saturated carbocycles. The summed E-state index contributed by atoms with van der Waals surface area (Å²) in [4.78, 5) is 0. The molecular formula is C43H25N3O. The first kappa shape index (κ1) is 25.7. The van der Waals surface area contributed by atoms with Crippen LogP contribution in [0.1, 0.15) is 5.56 Å². The van der Waals surface area contributed by atoms with Crippen LogP contribution in [0, 0.1) is 11.3 Å². The van der Waals surface area contributed by atoms with Crippen molar-refractivity contribution in [3.8, 4) is 28.6 Å². The zero-order valence-corrected chi connectivity index (χ0v) is 25.2. The summed E-state index contributed by atoms with van der Waals surface area (Å²) in [6.45, 7) is 0. The molecule has 0 radical (unpaired) electrons. The predicted octanol–water partition coefficient (Wildman–Crippen LogP) is 11.3. The molecule has 0 aliphatic heterocycles. The maximum atomic E-state index is 9.22. The number of para-hydroxylation sites is 3. The Morgan fingerprint density at radius 1 is 0.447 bits per heavy atom.